The van der Waals surface area contributed by atoms with Crippen molar-refractivity contribution in [3.63, 3.8) is 0 Å². The van der Waals surface area contributed by atoms with Crippen molar-refractivity contribution in [1.29, 1.82) is 0 Å². The SMILES string of the molecule is COc1ccc([C@@H]2CN(c3c(C)ccn(C4CCOC4)c3=O)C(=O)[C@H]2NC(=O)c2ccc(OC(F)F)cc2)cc1. The number of carbonyl (C=O) groups is 2. The van der Waals surface area contributed by atoms with E-state index in [1.54, 1.807) is 43.0 Å². The third kappa shape index (κ3) is 5.42. The van der Waals surface area contributed by atoms with Gasteiger partial charge in [0.15, 0.2) is 0 Å². The molecule has 11 heteroatoms. The molecule has 2 aliphatic rings. The predicted molar refractivity (Wildman–Crippen MR) is 142 cm³/mol. The maximum atomic E-state index is 13.9. The Morgan fingerprint density at radius 2 is 1.75 bits per heavy atom. The van der Waals surface area contributed by atoms with Crippen LogP contribution in [-0.2, 0) is 9.53 Å². The van der Waals surface area contributed by atoms with Crippen molar-refractivity contribution in [2.45, 2.75) is 38.0 Å². The first-order valence-corrected chi connectivity index (χ1v) is 12.9. The molecule has 210 valence electrons. The van der Waals surface area contributed by atoms with Crippen LogP contribution in [0.4, 0.5) is 14.5 Å². The van der Waals surface area contributed by atoms with E-state index in [0.29, 0.717) is 30.9 Å². The largest absolute Gasteiger partial charge is 0.497 e. The second-order valence-corrected chi connectivity index (χ2v) is 9.76. The van der Waals surface area contributed by atoms with Gasteiger partial charge in [0.25, 0.3) is 11.5 Å². The van der Waals surface area contributed by atoms with Crippen molar-refractivity contribution in [2.24, 2.45) is 0 Å². The summed E-state index contributed by atoms with van der Waals surface area (Å²) in [5, 5.41) is 2.81. The molecule has 5 rings (SSSR count). The number of pyridine rings is 1. The summed E-state index contributed by atoms with van der Waals surface area (Å²) in [4.78, 5) is 42.2. The molecule has 0 spiro atoms. The highest BCUT2D eigenvalue weighted by Gasteiger charge is 2.44. The van der Waals surface area contributed by atoms with Gasteiger partial charge in [0.2, 0.25) is 5.91 Å². The molecule has 0 bridgehead atoms. The smallest absolute Gasteiger partial charge is 0.387 e. The molecule has 2 aromatic carbocycles. The lowest BCUT2D eigenvalue weighted by atomic mass is 9.93. The summed E-state index contributed by atoms with van der Waals surface area (Å²) in [7, 11) is 1.55. The Morgan fingerprint density at radius 1 is 1.05 bits per heavy atom. The number of hydrogen-bond donors (Lipinski definition) is 1. The van der Waals surface area contributed by atoms with Gasteiger partial charge in [-0.25, -0.2) is 0 Å². The van der Waals surface area contributed by atoms with E-state index < -0.39 is 30.4 Å². The molecule has 1 aromatic heterocycles. The number of nitrogens with zero attached hydrogens (tertiary/aromatic N) is 2. The van der Waals surface area contributed by atoms with Crippen LogP contribution in [0.15, 0.2) is 65.6 Å². The summed E-state index contributed by atoms with van der Waals surface area (Å²) < 4.78 is 41.7. The van der Waals surface area contributed by atoms with E-state index in [9.17, 15) is 23.2 Å². The summed E-state index contributed by atoms with van der Waals surface area (Å²) in [5.41, 5.74) is 1.56. The Bertz CT molecular complexity index is 1440. The second kappa shape index (κ2) is 11.5. The molecule has 2 amide bonds. The molecule has 2 fully saturated rings. The van der Waals surface area contributed by atoms with Crippen molar-refractivity contribution in [2.75, 3.05) is 31.8 Å². The average molecular weight is 554 g/mol. The number of aryl methyl sites for hydroxylation is 1. The Kier molecular flexibility index (Phi) is 7.83. The number of benzene rings is 2. The normalized spacial score (nSPS) is 20.7. The van der Waals surface area contributed by atoms with Crippen molar-refractivity contribution >= 4 is 17.5 Å². The number of methoxy groups -OCH3 is 1. The van der Waals surface area contributed by atoms with E-state index in [4.69, 9.17) is 9.47 Å². The van der Waals surface area contributed by atoms with Crippen LogP contribution in [0.25, 0.3) is 0 Å². The van der Waals surface area contributed by atoms with Gasteiger partial charge in [-0.15, -0.1) is 0 Å². The fourth-order valence-electron chi connectivity index (χ4n) is 5.24. The first-order chi connectivity index (χ1) is 19.3. The molecular formula is C29H29F2N3O6. The Hall–Kier alpha value is -4.25. The van der Waals surface area contributed by atoms with Crippen molar-refractivity contribution in [3.8, 4) is 11.5 Å². The number of amides is 2. The average Bonchev–Trinajstić information content (AvgIpc) is 3.58. The molecule has 3 aromatic rings. The van der Waals surface area contributed by atoms with Crippen LogP contribution in [0.5, 0.6) is 11.5 Å². The summed E-state index contributed by atoms with van der Waals surface area (Å²) in [5.74, 6) is -0.919. The zero-order valence-electron chi connectivity index (χ0n) is 22.0. The van der Waals surface area contributed by atoms with Crippen LogP contribution in [0.3, 0.4) is 0 Å². The molecule has 2 aliphatic heterocycles. The van der Waals surface area contributed by atoms with E-state index in [0.717, 1.165) is 5.56 Å². The van der Waals surface area contributed by atoms with Crippen molar-refractivity contribution < 1.29 is 32.6 Å². The van der Waals surface area contributed by atoms with Crippen LogP contribution in [0, 0.1) is 6.92 Å². The number of anilines is 1. The van der Waals surface area contributed by atoms with E-state index in [-0.39, 0.29) is 35.1 Å². The van der Waals surface area contributed by atoms with Crippen LogP contribution >= 0.6 is 0 Å². The van der Waals surface area contributed by atoms with Gasteiger partial charge in [-0.1, -0.05) is 12.1 Å². The van der Waals surface area contributed by atoms with E-state index >= 15 is 0 Å². The minimum atomic E-state index is -2.99. The lowest BCUT2D eigenvalue weighted by Gasteiger charge is -2.21. The summed E-state index contributed by atoms with van der Waals surface area (Å²) in [6, 6.07) is 13.1. The molecule has 0 radical (unpaired) electrons. The molecule has 9 nitrogen and oxygen atoms in total. The van der Waals surface area contributed by atoms with Gasteiger partial charge in [0.05, 0.1) is 19.8 Å². The summed E-state index contributed by atoms with van der Waals surface area (Å²) in [6.07, 6.45) is 2.42. The third-order valence-corrected chi connectivity index (χ3v) is 7.35. The number of halogens is 2. The maximum absolute atomic E-state index is 13.9. The standard InChI is InChI=1S/C29H29F2N3O6/c1-17-11-13-33(20-12-14-39-16-20)28(37)25(17)34-15-23(18-3-7-21(38-2)8-4-18)24(27(34)36)32-26(35)19-5-9-22(10-6-19)40-29(30)31/h3-11,13,20,23-24,29H,12,14-16H2,1-2H3,(H,32,35)/t20?,23-,24-/m0/s1. The number of nitrogens with one attached hydrogen (secondary N) is 1. The van der Waals surface area contributed by atoms with Gasteiger partial charge in [0, 0.05) is 30.8 Å². The number of hydrogen-bond acceptors (Lipinski definition) is 6. The highest BCUT2D eigenvalue weighted by Crippen LogP contribution is 2.34. The quantitative estimate of drug-likeness (QED) is 0.457. The molecule has 1 N–H and O–H groups in total. The van der Waals surface area contributed by atoms with E-state index in [1.165, 1.54) is 29.2 Å². The topological polar surface area (TPSA) is 99.1 Å². The highest BCUT2D eigenvalue weighted by molar-refractivity contribution is 6.05. The zero-order valence-corrected chi connectivity index (χ0v) is 22.0. The molecule has 3 atom stereocenters. The van der Waals surface area contributed by atoms with Gasteiger partial charge >= 0.3 is 6.61 Å². The minimum Gasteiger partial charge on any atom is -0.497 e. The van der Waals surface area contributed by atoms with Gasteiger partial charge in [-0.05, 0) is 66.9 Å². The summed E-state index contributed by atoms with van der Waals surface area (Å²) >= 11 is 0. The predicted octanol–water partition coefficient (Wildman–Crippen LogP) is 3.66. The molecule has 40 heavy (non-hydrogen) atoms. The highest BCUT2D eigenvalue weighted by atomic mass is 19.3. The van der Waals surface area contributed by atoms with Gasteiger partial charge in [0.1, 0.15) is 23.2 Å². The molecule has 2 saturated heterocycles. The lowest BCUT2D eigenvalue weighted by molar-refractivity contribution is -0.118. The molecule has 1 unspecified atom stereocenters. The molecule has 0 saturated carbocycles. The number of aromatic nitrogens is 1. The lowest BCUT2D eigenvalue weighted by Crippen LogP contribution is -2.44. The number of rotatable bonds is 8. The van der Waals surface area contributed by atoms with E-state index in [2.05, 4.69) is 10.1 Å². The van der Waals surface area contributed by atoms with Crippen LogP contribution in [0.2, 0.25) is 0 Å². The molecule has 0 aliphatic carbocycles. The Labute approximate surface area is 229 Å². The Balaban J connectivity index is 1.47. The maximum Gasteiger partial charge on any atom is 0.387 e. The third-order valence-electron chi connectivity index (χ3n) is 7.35. The fourth-order valence-corrected chi connectivity index (χ4v) is 5.24. The van der Waals surface area contributed by atoms with Crippen LogP contribution in [-0.4, -0.2) is 55.9 Å². The second-order valence-electron chi connectivity index (χ2n) is 9.76. The van der Waals surface area contributed by atoms with Crippen molar-refractivity contribution in [1.82, 2.24) is 9.88 Å². The van der Waals surface area contributed by atoms with Crippen LogP contribution < -0.4 is 25.2 Å². The number of alkyl halides is 2. The Morgan fingerprint density at radius 3 is 2.38 bits per heavy atom. The first-order valence-electron chi connectivity index (χ1n) is 12.9. The van der Waals surface area contributed by atoms with Crippen LogP contribution in [0.1, 0.15) is 39.9 Å². The number of carbonyl (C=O) groups excluding carboxylic acids is 2. The van der Waals surface area contributed by atoms with Gasteiger partial charge in [-0.3, -0.25) is 14.4 Å². The monoisotopic (exact) mass is 553 g/mol. The molecule has 3 heterocycles. The van der Waals surface area contributed by atoms with E-state index in [1.807, 2.05) is 12.1 Å². The van der Waals surface area contributed by atoms with Crippen molar-refractivity contribution in [3.05, 3.63) is 87.8 Å². The summed E-state index contributed by atoms with van der Waals surface area (Å²) in [6.45, 7) is -0.0643. The van der Waals surface area contributed by atoms with Gasteiger partial charge < -0.3 is 29.0 Å². The van der Waals surface area contributed by atoms with Gasteiger partial charge in [-0.2, -0.15) is 8.78 Å². The number of ether oxygens (including phenoxy) is 3. The fraction of sp³-hybridized carbons (Fsp3) is 0.345. The molecular weight excluding hydrogens is 524 g/mol. The minimum absolute atomic E-state index is 0.0886. The first kappa shape index (κ1) is 27.3. The zero-order chi connectivity index (χ0) is 28.4.